The predicted octanol–water partition coefficient (Wildman–Crippen LogP) is 16.1. The van der Waals surface area contributed by atoms with E-state index in [0.717, 1.165) is 71.7 Å². The Kier molecular flexibility index (Phi) is 10.9. The molecule has 308 valence electrons. The number of amidine groups is 1. The average molecular weight is 846 g/mol. The molecule has 0 bridgehead atoms. The van der Waals surface area contributed by atoms with Crippen LogP contribution < -0.4 is 5.73 Å². The van der Waals surface area contributed by atoms with Crippen molar-refractivity contribution in [3.05, 3.63) is 217 Å². The van der Waals surface area contributed by atoms with Gasteiger partial charge in [0.25, 0.3) is 0 Å². The van der Waals surface area contributed by atoms with E-state index in [-0.39, 0.29) is 5.84 Å². The topological polar surface area (TPSA) is 88.5 Å². The summed E-state index contributed by atoms with van der Waals surface area (Å²) in [4.78, 5) is 4.88. The molecule has 64 heavy (non-hydrogen) atoms. The summed E-state index contributed by atoms with van der Waals surface area (Å²) in [6.07, 6.45) is 8.97. The Morgan fingerprint density at radius 1 is 0.609 bits per heavy atom. The van der Waals surface area contributed by atoms with Gasteiger partial charge in [-0.3, -0.25) is 10.4 Å². The van der Waals surface area contributed by atoms with Crippen LogP contribution in [0.1, 0.15) is 18.1 Å². The second kappa shape index (κ2) is 17.4. The number of nitrogens with two attached hydrogens (primary N) is 1. The molecular formula is C58H43N3O2S. The molecule has 11 aromatic rings. The molecule has 0 saturated heterocycles. The van der Waals surface area contributed by atoms with Crippen molar-refractivity contribution in [3.8, 4) is 33.4 Å². The average Bonchev–Trinajstić information content (AvgIpc) is 4.03. The highest BCUT2D eigenvalue weighted by Crippen LogP contribution is 2.43. The number of para-hydroxylation sites is 1. The summed E-state index contributed by atoms with van der Waals surface area (Å²) in [5.41, 5.74) is 18.5. The second-order valence-electron chi connectivity index (χ2n) is 15.6. The van der Waals surface area contributed by atoms with Crippen LogP contribution in [0.2, 0.25) is 0 Å². The molecule has 0 amide bonds. The minimum atomic E-state index is 0.0492. The van der Waals surface area contributed by atoms with E-state index in [1.807, 2.05) is 54.8 Å². The lowest BCUT2D eigenvalue weighted by Gasteiger charge is -2.06. The quantitative estimate of drug-likeness (QED) is 0.0861. The first-order chi connectivity index (χ1) is 31.5. The zero-order valence-electron chi connectivity index (χ0n) is 35.2. The highest BCUT2D eigenvalue weighted by molar-refractivity contribution is 7.25. The first-order valence-electron chi connectivity index (χ1n) is 21.2. The van der Waals surface area contributed by atoms with Crippen molar-refractivity contribution in [2.24, 2.45) is 10.7 Å². The van der Waals surface area contributed by atoms with Gasteiger partial charge in [-0.05, 0) is 76.7 Å². The molecule has 3 N–H and O–H groups in total. The predicted molar refractivity (Wildman–Crippen MR) is 273 cm³/mol. The number of benzene rings is 8. The summed E-state index contributed by atoms with van der Waals surface area (Å²) in [5, 5.41) is 14.0. The molecule has 0 aliphatic rings. The molecule has 0 aliphatic carbocycles. The largest absolute Gasteiger partial charge is 0.456 e. The van der Waals surface area contributed by atoms with Crippen molar-refractivity contribution in [2.45, 2.75) is 13.5 Å². The fourth-order valence-electron chi connectivity index (χ4n) is 8.49. The summed E-state index contributed by atoms with van der Waals surface area (Å²) in [6.45, 7) is 6.01. The highest BCUT2D eigenvalue weighted by atomic mass is 32.1. The molecule has 0 aliphatic heterocycles. The van der Waals surface area contributed by atoms with Gasteiger partial charge < -0.3 is 14.6 Å². The molecule has 0 unspecified atom stereocenters. The Morgan fingerprint density at radius 2 is 1.28 bits per heavy atom. The maximum absolute atomic E-state index is 7.03. The summed E-state index contributed by atoms with van der Waals surface area (Å²) in [5.74, 6) is 0.0492. The van der Waals surface area contributed by atoms with Gasteiger partial charge in [-0.1, -0.05) is 164 Å². The van der Waals surface area contributed by atoms with Crippen molar-refractivity contribution < 1.29 is 8.83 Å². The van der Waals surface area contributed by atoms with Crippen LogP contribution in [-0.2, 0) is 6.54 Å². The van der Waals surface area contributed by atoms with Crippen LogP contribution in [0, 0.1) is 5.41 Å². The number of nitrogens with zero attached hydrogens (tertiary/aromatic N) is 1. The van der Waals surface area contributed by atoms with Crippen molar-refractivity contribution in [2.75, 3.05) is 0 Å². The number of allylic oxidation sites excluding steroid dienone is 3. The third-order valence-corrected chi connectivity index (χ3v) is 12.7. The van der Waals surface area contributed by atoms with Crippen molar-refractivity contribution in [1.82, 2.24) is 0 Å². The molecule has 8 aromatic carbocycles. The fourth-order valence-corrected chi connectivity index (χ4v) is 9.63. The van der Waals surface area contributed by atoms with Gasteiger partial charge in [0, 0.05) is 64.6 Å². The van der Waals surface area contributed by atoms with Gasteiger partial charge in [0.2, 0.25) is 0 Å². The maximum Gasteiger partial charge on any atom is 0.143 e. The van der Waals surface area contributed by atoms with Gasteiger partial charge in [-0.25, -0.2) is 0 Å². The van der Waals surface area contributed by atoms with Crippen LogP contribution in [-0.4, -0.2) is 12.1 Å². The van der Waals surface area contributed by atoms with E-state index < -0.39 is 0 Å². The molecule has 0 spiro atoms. The normalized spacial score (nSPS) is 12.0. The Balaban J connectivity index is 0.000000436. The molecule has 3 heterocycles. The molecule has 0 atom stereocenters. The summed E-state index contributed by atoms with van der Waals surface area (Å²) >= 11 is 1.84. The Labute approximate surface area is 374 Å². The standard InChI is InChI=1S/C50H31NO2S.C8H12N2/c1-2-9-32(10-3-1)33-21-19-31(20-22-33)29-51-30-36-11-6-16-44-48(36)42-27-34(24-26-43(42)52-44)37-13-8-17-45-49(37)41-15-7-14-38(50(41)53-45)35-23-25-40-39-12-4-5-18-46(39)54-47(40)28-35;1-3-5-6-7(4-2)8(9)10/h1-28,30H,29H2;3-6H,2H2,1H3,(H3,9,10)/b;5-3-,7-6+. The van der Waals surface area contributed by atoms with Crippen LogP contribution in [0.4, 0.5) is 0 Å². The molecule has 3 aromatic heterocycles. The Morgan fingerprint density at radius 3 is 2.09 bits per heavy atom. The van der Waals surface area contributed by atoms with E-state index in [9.17, 15) is 0 Å². The van der Waals surface area contributed by atoms with E-state index in [1.54, 1.807) is 12.2 Å². The van der Waals surface area contributed by atoms with Crippen molar-refractivity contribution >= 4 is 87.4 Å². The third kappa shape index (κ3) is 7.61. The van der Waals surface area contributed by atoms with E-state index >= 15 is 0 Å². The van der Waals surface area contributed by atoms with Crippen LogP contribution >= 0.6 is 11.3 Å². The van der Waals surface area contributed by atoms with E-state index in [0.29, 0.717) is 12.1 Å². The second-order valence-corrected chi connectivity index (χ2v) is 16.7. The fraction of sp³-hybridized carbons (Fsp3) is 0.0345. The number of aliphatic imine (C=N–C) groups is 1. The van der Waals surface area contributed by atoms with Crippen LogP contribution in [0.15, 0.2) is 220 Å². The maximum atomic E-state index is 7.03. The smallest absolute Gasteiger partial charge is 0.143 e. The summed E-state index contributed by atoms with van der Waals surface area (Å²) in [6, 6.07) is 60.1. The molecular weight excluding hydrogens is 803 g/mol. The van der Waals surface area contributed by atoms with Gasteiger partial charge >= 0.3 is 0 Å². The first kappa shape index (κ1) is 40.0. The highest BCUT2D eigenvalue weighted by Gasteiger charge is 2.18. The third-order valence-electron chi connectivity index (χ3n) is 11.6. The SMILES string of the molecule is C(=NCc1ccc(-c2ccccc2)cc1)c1cccc2oc3ccc(-c4cccc5oc6c(-c7ccc8c(c7)sc7ccccc78)cccc6c45)cc3c12.C=C/C(=C\C=C/C)C(=N)N. The van der Waals surface area contributed by atoms with Gasteiger partial charge in [0.15, 0.2) is 0 Å². The molecule has 11 rings (SSSR count). The number of nitrogens with one attached hydrogen (secondary N) is 1. The summed E-state index contributed by atoms with van der Waals surface area (Å²) in [7, 11) is 0. The molecule has 5 nitrogen and oxygen atoms in total. The van der Waals surface area contributed by atoms with Crippen molar-refractivity contribution in [3.63, 3.8) is 0 Å². The van der Waals surface area contributed by atoms with Gasteiger partial charge in [0.1, 0.15) is 28.2 Å². The van der Waals surface area contributed by atoms with E-state index in [4.69, 9.17) is 25.0 Å². The zero-order valence-corrected chi connectivity index (χ0v) is 36.0. The zero-order chi connectivity index (χ0) is 43.6. The van der Waals surface area contributed by atoms with E-state index in [1.165, 1.54) is 36.9 Å². The minimum absolute atomic E-state index is 0.0492. The molecule has 0 saturated carbocycles. The van der Waals surface area contributed by atoms with Gasteiger partial charge in [0.05, 0.1) is 6.54 Å². The lowest BCUT2D eigenvalue weighted by molar-refractivity contribution is 0.669. The Hall–Kier alpha value is -8.06. The number of furan rings is 2. The first-order valence-corrected chi connectivity index (χ1v) is 22.0. The van der Waals surface area contributed by atoms with E-state index in [2.05, 4.69) is 158 Å². The molecule has 0 fully saturated rings. The lowest BCUT2D eigenvalue weighted by Crippen LogP contribution is -2.10. The number of hydrogen-bond acceptors (Lipinski definition) is 5. The summed E-state index contributed by atoms with van der Waals surface area (Å²) < 4.78 is 15.7. The number of fused-ring (bicyclic) bond motifs is 9. The molecule has 0 radical (unpaired) electrons. The van der Waals surface area contributed by atoms with Crippen LogP contribution in [0.5, 0.6) is 0 Å². The lowest BCUT2D eigenvalue weighted by atomic mass is 9.96. The number of hydrogen-bond donors (Lipinski definition) is 2. The van der Waals surface area contributed by atoms with Gasteiger partial charge in [-0.15, -0.1) is 11.3 Å². The van der Waals surface area contributed by atoms with Gasteiger partial charge in [-0.2, -0.15) is 0 Å². The minimum Gasteiger partial charge on any atom is -0.456 e. The molecule has 6 heteroatoms. The van der Waals surface area contributed by atoms with Crippen LogP contribution in [0.25, 0.3) is 97.4 Å². The monoisotopic (exact) mass is 845 g/mol. The number of thiophene rings is 1. The van der Waals surface area contributed by atoms with Crippen molar-refractivity contribution in [1.29, 1.82) is 5.41 Å². The van der Waals surface area contributed by atoms with Crippen LogP contribution in [0.3, 0.4) is 0 Å². The Bertz CT molecular complexity index is 3640. The number of rotatable bonds is 9.